The van der Waals surface area contributed by atoms with Gasteiger partial charge in [-0.15, -0.1) is 0 Å². The van der Waals surface area contributed by atoms with Crippen LogP contribution in [0.1, 0.15) is 20.3 Å². The number of halogens is 3. The summed E-state index contributed by atoms with van der Waals surface area (Å²) in [6.07, 6.45) is -3.79. The Kier molecular flexibility index (Phi) is 3.82. The Morgan fingerprint density at radius 3 is 2.00 bits per heavy atom. The fourth-order valence-electron chi connectivity index (χ4n) is 0.817. The molecule has 3 N–H and O–H groups in total. The highest BCUT2D eigenvalue weighted by atomic mass is 19.4. The summed E-state index contributed by atoms with van der Waals surface area (Å²) >= 11 is 0. The number of nitrogens with one attached hydrogen (secondary N) is 1. The van der Waals surface area contributed by atoms with Crippen molar-refractivity contribution in [2.45, 2.75) is 32.5 Å². The number of hydrogen-bond acceptors (Lipinski definition) is 2. The Hall–Kier alpha value is -0.290. The van der Waals surface area contributed by atoms with E-state index in [0.29, 0.717) is 6.42 Å². The molecule has 0 aliphatic rings. The van der Waals surface area contributed by atoms with E-state index >= 15 is 0 Å². The van der Waals surface area contributed by atoms with Gasteiger partial charge in [0.1, 0.15) is 6.04 Å². The van der Waals surface area contributed by atoms with Gasteiger partial charge < -0.3 is 0 Å². The molecule has 5 heteroatoms. The zero-order valence-electron chi connectivity index (χ0n) is 6.57. The summed E-state index contributed by atoms with van der Waals surface area (Å²) < 4.78 is 36.0. The van der Waals surface area contributed by atoms with E-state index in [2.05, 4.69) is 0 Å². The fraction of sp³-hybridized carbons (Fsp3) is 1.00. The van der Waals surface area contributed by atoms with E-state index < -0.39 is 18.1 Å². The van der Waals surface area contributed by atoms with Gasteiger partial charge in [0, 0.05) is 0 Å². The minimum absolute atomic E-state index is 0.453. The Bertz CT molecular complexity index is 113. The number of alkyl halides is 3. The molecular weight excluding hydrogens is 157 g/mol. The summed E-state index contributed by atoms with van der Waals surface area (Å²) in [5.74, 6) is 4.28. The molecule has 11 heavy (non-hydrogen) atoms. The molecule has 0 aliphatic heterocycles. The van der Waals surface area contributed by atoms with Crippen LogP contribution in [-0.4, -0.2) is 12.2 Å². The molecule has 0 bridgehead atoms. The lowest BCUT2D eigenvalue weighted by Crippen LogP contribution is -2.49. The maximum Gasteiger partial charge on any atom is 0.405 e. The van der Waals surface area contributed by atoms with Crippen molar-refractivity contribution in [2.24, 2.45) is 11.8 Å². The average Bonchev–Trinajstić information content (AvgIpc) is 1.86. The molecule has 0 aromatic heterocycles. The molecule has 0 radical (unpaired) electrons. The van der Waals surface area contributed by atoms with Crippen LogP contribution in [0.3, 0.4) is 0 Å². The first-order chi connectivity index (χ1) is 4.93. The van der Waals surface area contributed by atoms with Crippen molar-refractivity contribution in [1.82, 2.24) is 5.43 Å². The highest BCUT2D eigenvalue weighted by Gasteiger charge is 2.41. The van der Waals surface area contributed by atoms with E-state index in [-0.39, 0.29) is 0 Å². The molecule has 0 saturated carbocycles. The average molecular weight is 170 g/mol. The first kappa shape index (κ1) is 10.7. The van der Waals surface area contributed by atoms with Crippen LogP contribution < -0.4 is 11.3 Å². The van der Waals surface area contributed by atoms with Gasteiger partial charge in [0.2, 0.25) is 0 Å². The molecule has 0 aromatic carbocycles. The molecular formula is C6H13F3N2. The summed E-state index contributed by atoms with van der Waals surface area (Å²) in [7, 11) is 0. The lowest BCUT2D eigenvalue weighted by Gasteiger charge is -2.24. The van der Waals surface area contributed by atoms with Crippen molar-refractivity contribution in [1.29, 1.82) is 0 Å². The monoisotopic (exact) mass is 170 g/mol. The normalized spacial score (nSPS) is 18.0. The maximum absolute atomic E-state index is 12.0. The summed E-state index contributed by atoms with van der Waals surface area (Å²) in [6.45, 7) is 3.21. The molecule has 0 fully saturated rings. The van der Waals surface area contributed by atoms with Crippen molar-refractivity contribution >= 4 is 0 Å². The van der Waals surface area contributed by atoms with Gasteiger partial charge in [-0.2, -0.15) is 13.2 Å². The summed E-state index contributed by atoms with van der Waals surface area (Å²) in [5, 5.41) is 0. The van der Waals surface area contributed by atoms with Crippen LogP contribution in [0.4, 0.5) is 13.2 Å². The third-order valence-electron chi connectivity index (χ3n) is 1.75. The van der Waals surface area contributed by atoms with Gasteiger partial charge in [-0.3, -0.25) is 5.84 Å². The van der Waals surface area contributed by atoms with Crippen molar-refractivity contribution in [2.75, 3.05) is 0 Å². The SMILES string of the molecule is CCC(C)C(NN)C(F)(F)F. The van der Waals surface area contributed by atoms with Crippen LogP contribution >= 0.6 is 0 Å². The number of hydrogen-bond donors (Lipinski definition) is 2. The summed E-state index contributed by atoms with van der Waals surface area (Å²) in [4.78, 5) is 0. The Morgan fingerprint density at radius 2 is 1.91 bits per heavy atom. The highest BCUT2D eigenvalue weighted by Crippen LogP contribution is 2.26. The van der Waals surface area contributed by atoms with Gasteiger partial charge in [-0.1, -0.05) is 20.3 Å². The lowest BCUT2D eigenvalue weighted by molar-refractivity contribution is -0.166. The van der Waals surface area contributed by atoms with E-state index in [0.717, 1.165) is 0 Å². The topological polar surface area (TPSA) is 38.0 Å². The first-order valence-electron chi connectivity index (χ1n) is 3.46. The van der Waals surface area contributed by atoms with Gasteiger partial charge >= 0.3 is 6.18 Å². The van der Waals surface area contributed by atoms with Gasteiger partial charge in [0.15, 0.2) is 0 Å². The highest BCUT2D eigenvalue weighted by molar-refractivity contribution is 4.77. The minimum Gasteiger partial charge on any atom is -0.271 e. The van der Waals surface area contributed by atoms with Crippen LogP contribution in [-0.2, 0) is 0 Å². The second kappa shape index (κ2) is 3.92. The largest absolute Gasteiger partial charge is 0.405 e. The molecule has 0 aliphatic carbocycles. The predicted octanol–water partition coefficient (Wildman–Crippen LogP) is 1.43. The van der Waals surface area contributed by atoms with E-state index in [9.17, 15) is 13.2 Å². The quantitative estimate of drug-likeness (QED) is 0.496. The van der Waals surface area contributed by atoms with Crippen LogP contribution in [0.15, 0.2) is 0 Å². The second-order valence-electron chi connectivity index (χ2n) is 2.57. The van der Waals surface area contributed by atoms with Crippen molar-refractivity contribution in [3.05, 3.63) is 0 Å². The molecule has 2 atom stereocenters. The van der Waals surface area contributed by atoms with Gasteiger partial charge in [-0.25, -0.2) is 5.43 Å². The van der Waals surface area contributed by atoms with Crippen LogP contribution in [0, 0.1) is 5.92 Å². The number of hydrazine groups is 1. The van der Waals surface area contributed by atoms with E-state index in [1.54, 1.807) is 12.3 Å². The Balaban J connectivity index is 4.16. The van der Waals surface area contributed by atoms with Crippen molar-refractivity contribution in [3.63, 3.8) is 0 Å². The summed E-state index contributed by atoms with van der Waals surface area (Å²) in [5.41, 5.74) is 1.77. The van der Waals surface area contributed by atoms with Crippen LogP contribution in [0.25, 0.3) is 0 Å². The first-order valence-corrected chi connectivity index (χ1v) is 3.46. The van der Waals surface area contributed by atoms with E-state index in [1.165, 1.54) is 6.92 Å². The standard InChI is InChI=1S/C6H13F3N2/c1-3-4(2)5(11-10)6(7,8)9/h4-5,11H,3,10H2,1-2H3. The Morgan fingerprint density at radius 1 is 1.45 bits per heavy atom. The number of rotatable bonds is 3. The van der Waals surface area contributed by atoms with E-state index in [4.69, 9.17) is 5.84 Å². The summed E-state index contributed by atoms with van der Waals surface area (Å²) in [6, 6.07) is -1.59. The molecule has 0 spiro atoms. The van der Waals surface area contributed by atoms with Crippen LogP contribution in [0.2, 0.25) is 0 Å². The molecule has 0 amide bonds. The third-order valence-corrected chi connectivity index (χ3v) is 1.75. The predicted molar refractivity (Wildman–Crippen MR) is 36.6 cm³/mol. The minimum atomic E-state index is -4.25. The van der Waals surface area contributed by atoms with E-state index in [1.807, 2.05) is 0 Å². The molecule has 0 heterocycles. The van der Waals surface area contributed by atoms with Gasteiger partial charge in [0.05, 0.1) is 0 Å². The molecule has 2 unspecified atom stereocenters. The zero-order valence-corrected chi connectivity index (χ0v) is 6.57. The fourth-order valence-corrected chi connectivity index (χ4v) is 0.817. The maximum atomic E-state index is 12.0. The molecule has 0 saturated heterocycles. The molecule has 68 valence electrons. The van der Waals surface area contributed by atoms with Gasteiger partial charge in [-0.05, 0) is 5.92 Å². The van der Waals surface area contributed by atoms with Crippen molar-refractivity contribution in [3.8, 4) is 0 Å². The Labute approximate surface area is 63.9 Å². The smallest absolute Gasteiger partial charge is 0.271 e. The zero-order chi connectivity index (χ0) is 9.07. The second-order valence-corrected chi connectivity index (χ2v) is 2.57. The lowest BCUT2D eigenvalue weighted by atomic mass is 10.00. The third kappa shape index (κ3) is 3.07. The molecule has 0 aromatic rings. The number of nitrogens with two attached hydrogens (primary N) is 1. The van der Waals surface area contributed by atoms with Crippen molar-refractivity contribution < 1.29 is 13.2 Å². The molecule has 2 nitrogen and oxygen atoms in total. The van der Waals surface area contributed by atoms with Gasteiger partial charge in [0.25, 0.3) is 0 Å². The van der Waals surface area contributed by atoms with Crippen LogP contribution in [0.5, 0.6) is 0 Å². The molecule has 0 rings (SSSR count).